The van der Waals surface area contributed by atoms with Gasteiger partial charge < -0.3 is 5.32 Å². The monoisotopic (exact) mass is 316 g/mol. The summed E-state index contributed by atoms with van der Waals surface area (Å²) in [4.78, 5) is 2.44. The summed E-state index contributed by atoms with van der Waals surface area (Å²) in [5.74, 6) is 0. The van der Waals surface area contributed by atoms with Crippen molar-refractivity contribution in [3.8, 4) is 12.1 Å². The standard InChI is InChI=1S/C20H20N4/c1-15(24-10-9-16-5-2-3-6-19(16)14-24)13-23-20-17(11-21)7-4-8-18(20)12-22/h2-8,15,23H,9-10,13-14H2,1H3. The van der Waals surface area contributed by atoms with Crippen LogP contribution < -0.4 is 5.32 Å². The smallest absolute Gasteiger partial charge is 0.101 e. The van der Waals surface area contributed by atoms with Gasteiger partial charge in [0.05, 0.1) is 16.8 Å². The molecule has 0 aliphatic carbocycles. The SMILES string of the molecule is CC(CNc1c(C#N)cccc1C#N)N1CCc2ccccc2C1. The fourth-order valence-corrected chi connectivity index (χ4v) is 3.20. The Morgan fingerprint density at radius 3 is 2.38 bits per heavy atom. The first-order valence-corrected chi connectivity index (χ1v) is 8.21. The van der Waals surface area contributed by atoms with Crippen LogP contribution in [0.3, 0.4) is 0 Å². The highest BCUT2D eigenvalue weighted by atomic mass is 15.2. The summed E-state index contributed by atoms with van der Waals surface area (Å²) in [5.41, 5.74) is 4.52. The molecule has 1 N–H and O–H groups in total. The number of nitriles is 2. The molecule has 0 saturated heterocycles. The summed E-state index contributed by atoms with van der Waals surface area (Å²) in [6.45, 7) is 4.87. The van der Waals surface area contributed by atoms with Gasteiger partial charge in [-0.3, -0.25) is 4.90 Å². The van der Waals surface area contributed by atoms with Gasteiger partial charge in [-0.05, 0) is 36.6 Å². The summed E-state index contributed by atoms with van der Waals surface area (Å²) in [5, 5.41) is 21.8. The summed E-state index contributed by atoms with van der Waals surface area (Å²) >= 11 is 0. The van der Waals surface area contributed by atoms with E-state index >= 15 is 0 Å². The van der Waals surface area contributed by atoms with E-state index in [4.69, 9.17) is 0 Å². The van der Waals surface area contributed by atoms with E-state index in [1.807, 2.05) is 0 Å². The molecule has 120 valence electrons. The highest BCUT2D eigenvalue weighted by molar-refractivity contribution is 5.66. The summed E-state index contributed by atoms with van der Waals surface area (Å²) < 4.78 is 0. The predicted octanol–water partition coefficient (Wildman–Crippen LogP) is 3.29. The van der Waals surface area contributed by atoms with Gasteiger partial charge in [-0.25, -0.2) is 0 Å². The largest absolute Gasteiger partial charge is 0.381 e. The minimum atomic E-state index is 0.316. The Bertz CT molecular complexity index is 781. The van der Waals surface area contributed by atoms with Crippen molar-refractivity contribution in [3.63, 3.8) is 0 Å². The van der Waals surface area contributed by atoms with Gasteiger partial charge in [0.1, 0.15) is 12.1 Å². The first-order valence-electron chi connectivity index (χ1n) is 8.21. The predicted molar refractivity (Wildman–Crippen MR) is 94.4 cm³/mol. The molecule has 4 nitrogen and oxygen atoms in total. The van der Waals surface area contributed by atoms with Crippen molar-refractivity contribution in [2.24, 2.45) is 0 Å². The quantitative estimate of drug-likeness (QED) is 0.940. The maximum atomic E-state index is 9.25. The number of rotatable bonds is 4. The second-order valence-corrected chi connectivity index (χ2v) is 6.17. The number of nitrogens with zero attached hydrogens (tertiary/aromatic N) is 3. The number of hydrogen-bond acceptors (Lipinski definition) is 4. The molecule has 0 aromatic heterocycles. The van der Waals surface area contributed by atoms with Crippen LogP contribution in [0, 0.1) is 22.7 Å². The van der Waals surface area contributed by atoms with E-state index in [1.54, 1.807) is 18.2 Å². The van der Waals surface area contributed by atoms with Gasteiger partial charge in [-0.2, -0.15) is 10.5 Å². The van der Waals surface area contributed by atoms with Crippen molar-refractivity contribution in [1.29, 1.82) is 10.5 Å². The van der Waals surface area contributed by atoms with Crippen LogP contribution in [0.15, 0.2) is 42.5 Å². The van der Waals surface area contributed by atoms with E-state index in [1.165, 1.54) is 11.1 Å². The maximum absolute atomic E-state index is 9.25. The molecule has 1 unspecified atom stereocenters. The van der Waals surface area contributed by atoms with Gasteiger partial charge in [-0.15, -0.1) is 0 Å². The average molecular weight is 316 g/mol. The summed E-state index contributed by atoms with van der Waals surface area (Å²) in [6, 6.07) is 18.5. The van der Waals surface area contributed by atoms with Crippen LogP contribution in [0.1, 0.15) is 29.2 Å². The van der Waals surface area contributed by atoms with E-state index in [0.29, 0.717) is 29.4 Å². The second kappa shape index (κ2) is 7.17. The Balaban J connectivity index is 1.68. The molecule has 0 saturated carbocycles. The summed E-state index contributed by atoms with van der Waals surface area (Å²) in [6.07, 6.45) is 1.07. The normalized spacial score (nSPS) is 15.0. The van der Waals surface area contributed by atoms with Crippen LogP contribution in [-0.2, 0) is 13.0 Å². The molecular formula is C20H20N4. The number of benzene rings is 2. The molecule has 24 heavy (non-hydrogen) atoms. The molecule has 1 atom stereocenters. The summed E-state index contributed by atoms with van der Waals surface area (Å²) in [7, 11) is 0. The van der Waals surface area contributed by atoms with Crippen LogP contribution in [0.25, 0.3) is 0 Å². The van der Waals surface area contributed by atoms with Crippen LogP contribution in [0.4, 0.5) is 5.69 Å². The third-order valence-corrected chi connectivity index (χ3v) is 4.66. The van der Waals surface area contributed by atoms with Crippen molar-refractivity contribution in [2.75, 3.05) is 18.4 Å². The minimum Gasteiger partial charge on any atom is -0.381 e. The molecule has 1 aliphatic heterocycles. The Morgan fingerprint density at radius 1 is 1.04 bits per heavy atom. The van der Waals surface area contributed by atoms with E-state index in [0.717, 1.165) is 19.5 Å². The van der Waals surface area contributed by atoms with Crippen LogP contribution in [-0.4, -0.2) is 24.0 Å². The topological polar surface area (TPSA) is 62.9 Å². The lowest BCUT2D eigenvalue weighted by molar-refractivity contribution is 0.198. The van der Waals surface area contributed by atoms with E-state index in [9.17, 15) is 10.5 Å². The lowest BCUT2D eigenvalue weighted by atomic mass is 9.99. The fourth-order valence-electron chi connectivity index (χ4n) is 3.20. The number of para-hydroxylation sites is 1. The van der Waals surface area contributed by atoms with Gasteiger partial charge in [0.15, 0.2) is 0 Å². The zero-order chi connectivity index (χ0) is 16.9. The van der Waals surface area contributed by atoms with Crippen LogP contribution in [0.5, 0.6) is 0 Å². The Labute approximate surface area is 142 Å². The molecule has 4 heteroatoms. The fraction of sp³-hybridized carbons (Fsp3) is 0.300. The number of nitrogens with one attached hydrogen (secondary N) is 1. The van der Waals surface area contributed by atoms with Gasteiger partial charge in [0, 0.05) is 25.7 Å². The molecule has 0 bridgehead atoms. The number of hydrogen-bond donors (Lipinski definition) is 1. The zero-order valence-corrected chi connectivity index (χ0v) is 13.8. The Morgan fingerprint density at radius 2 is 1.71 bits per heavy atom. The van der Waals surface area contributed by atoms with Gasteiger partial charge in [-0.1, -0.05) is 30.3 Å². The molecular weight excluding hydrogens is 296 g/mol. The van der Waals surface area contributed by atoms with Gasteiger partial charge >= 0.3 is 0 Å². The van der Waals surface area contributed by atoms with E-state index < -0.39 is 0 Å². The highest BCUT2D eigenvalue weighted by Crippen LogP contribution is 2.22. The first kappa shape index (κ1) is 16.1. The van der Waals surface area contributed by atoms with Crippen molar-refractivity contribution < 1.29 is 0 Å². The van der Waals surface area contributed by atoms with Crippen molar-refractivity contribution >= 4 is 5.69 Å². The van der Waals surface area contributed by atoms with Gasteiger partial charge in [0.25, 0.3) is 0 Å². The third kappa shape index (κ3) is 3.25. The third-order valence-electron chi connectivity index (χ3n) is 4.66. The lowest BCUT2D eigenvalue weighted by Gasteiger charge is -2.34. The molecule has 2 aromatic carbocycles. The molecule has 0 amide bonds. The molecule has 1 aliphatic rings. The number of fused-ring (bicyclic) bond motifs is 1. The van der Waals surface area contributed by atoms with Crippen molar-refractivity contribution in [3.05, 3.63) is 64.7 Å². The second-order valence-electron chi connectivity index (χ2n) is 6.17. The van der Waals surface area contributed by atoms with Gasteiger partial charge in [0.2, 0.25) is 0 Å². The molecule has 0 spiro atoms. The first-order chi connectivity index (χ1) is 11.7. The Kier molecular flexibility index (Phi) is 4.79. The van der Waals surface area contributed by atoms with E-state index in [2.05, 4.69) is 53.5 Å². The molecule has 1 heterocycles. The number of anilines is 1. The average Bonchev–Trinajstić information content (AvgIpc) is 2.65. The van der Waals surface area contributed by atoms with Crippen molar-refractivity contribution in [2.45, 2.75) is 25.9 Å². The Hall–Kier alpha value is -2.82. The highest BCUT2D eigenvalue weighted by Gasteiger charge is 2.20. The van der Waals surface area contributed by atoms with E-state index in [-0.39, 0.29) is 0 Å². The van der Waals surface area contributed by atoms with Crippen molar-refractivity contribution in [1.82, 2.24) is 4.90 Å². The molecule has 3 rings (SSSR count). The van der Waals surface area contributed by atoms with Crippen LogP contribution in [0.2, 0.25) is 0 Å². The van der Waals surface area contributed by atoms with Crippen LogP contribution >= 0.6 is 0 Å². The maximum Gasteiger partial charge on any atom is 0.101 e. The zero-order valence-electron chi connectivity index (χ0n) is 13.8. The minimum absolute atomic E-state index is 0.316. The molecule has 2 aromatic rings. The lowest BCUT2D eigenvalue weighted by Crippen LogP contribution is -2.41. The molecule has 0 fully saturated rings. The molecule has 0 radical (unpaired) electrons.